The first kappa shape index (κ1) is 17.6. The van der Waals surface area contributed by atoms with Crippen molar-refractivity contribution in [3.05, 3.63) is 53.5 Å². The van der Waals surface area contributed by atoms with Crippen LogP contribution >= 0.6 is 23.1 Å². The van der Waals surface area contributed by atoms with Crippen LogP contribution in [0.25, 0.3) is 11.3 Å². The minimum absolute atomic E-state index is 0.00622. The van der Waals surface area contributed by atoms with E-state index in [9.17, 15) is 4.79 Å². The number of aryl methyl sites for hydroxylation is 1. The van der Waals surface area contributed by atoms with E-state index in [0.717, 1.165) is 22.0 Å². The van der Waals surface area contributed by atoms with Gasteiger partial charge in [-0.25, -0.2) is 4.98 Å². The Morgan fingerprint density at radius 1 is 1.16 bits per heavy atom. The average Bonchev–Trinajstić information content (AvgIpc) is 3.08. The van der Waals surface area contributed by atoms with Gasteiger partial charge in [-0.2, -0.15) is 0 Å². The van der Waals surface area contributed by atoms with Crippen LogP contribution in [-0.4, -0.2) is 33.4 Å². The number of thioether (sulfide) groups is 1. The van der Waals surface area contributed by atoms with Crippen molar-refractivity contribution in [3.63, 3.8) is 0 Å². The number of benzene rings is 1. The summed E-state index contributed by atoms with van der Waals surface area (Å²) in [5.41, 5.74) is 2.76. The van der Waals surface area contributed by atoms with Crippen molar-refractivity contribution in [1.82, 2.24) is 15.2 Å². The monoisotopic (exact) mass is 370 g/mol. The Morgan fingerprint density at radius 3 is 2.52 bits per heavy atom. The lowest BCUT2D eigenvalue weighted by Gasteiger charge is -2.18. The molecule has 0 radical (unpaired) electrons. The highest BCUT2D eigenvalue weighted by Crippen LogP contribution is 2.26. The number of anilines is 1. The van der Waals surface area contributed by atoms with Crippen molar-refractivity contribution < 1.29 is 4.79 Å². The number of amides is 1. The van der Waals surface area contributed by atoms with Gasteiger partial charge in [-0.1, -0.05) is 42.1 Å². The van der Waals surface area contributed by atoms with Crippen LogP contribution in [0.5, 0.6) is 0 Å². The van der Waals surface area contributed by atoms with E-state index >= 15 is 0 Å². The van der Waals surface area contributed by atoms with Crippen molar-refractivity contribution >= 4 is 34.1 Å². The molecule has 0 spiro atoms. The highest BCUT2D eigenvalue weighted by atomic mass is 32.2. The molecular formula is C18H18N4OS2. The van der Waals surface area contributed by atoms with Gasteiger partial charge in [-0.3, -0.25) is 9.69 Å². The lowest BCUT2D eigenvalue weighted by atomic mass is 10.1. The standard InChI is InChI=1S/C18H18N4OS2/c1-12-11-24-18(19-12)22(3)17(23)13(2)25-16-10-9-15(20-21-16)14-7-5-4-6-8-14/h4-11,13H,1-3H3. The topological polar surface area (TPSA) is 59.0 Å². The molecule has 5 nitrogen and oxygen atoms in total. The lowest BCUT2D eigenvalue weighted by molar-refractivity contribution is -0.117. The van der Waals surface area contributed by atoms with Gasteiger partial charge in [0.15, 0.2) is 5.13 Å². The fourth-order valence-corrected chi connectivity index (χ4v) is 3.87. The van der Waals surface area contributed by atoms with E-state index in [0.29, 0.717) is 5.13 Å². The normalized spacial score (nSPS) is 12.0. The smallest absolute Gasteiger partial charge is 0.241 e. The van der Waals surface area contributed by atoms with Crippen molar-refractivity contribution in [2.45, 2.75) is 24.1 Å². The van der Waals surface area contributed by atoms with Gasteiger partial charge in [0.2, 0.25) is 5.91 Å². The molecule has 0 N–H and O–H groups in total. The third-order valence-corrected chi connectivity index (χ3v) is 5.63. The molecule has 3 aromatic rings. The number of hydrogen-bond donors (Lipinski definition) is 0. The summed E-state index contributed by atoms with van der Waals surface area (Å²) in [7, 11) is 1.75. The van der Waals surface area contributed by atoms with Gasteiger partial charge >= 0.3 is 0 Å². The summed E-state index contributed by atoms with van der Waals surface area (Å²) >= 11 is 2.86. The third kappa shape index (κ3) is 4.24. The molecule has 7 heteroatoms. The van der Waals surface area contributed by atoms with Gasteiger partial charge in [0, 0.05) is 18.0 Å². The van der Waals surface area contributed by atoms with Crippen LogP contribution in [0.15, 0.2) is 52.9 Å². The summed E-state index contributed by atoms with van der Waals surface area (Å²) < 4.78 is 0. The average molecular weight is 371 g/mol. The van der Waals surface area contributed by atoms with Gasteiger partial charge in [0.25, 0.3) is 0 Å². The Morgan fingerprint density at radius 2 is 1.92 bits per heavy atom. The Kier molecular flexibility index (Phi) is 5.45. The molecule has 0 saturated carbocycles. The molecule has 0 fully saturated rings. The van der Waals surface area contributed by atoms with Crippen LogP contribution in [-0.2, 0) is 4.79 Å². The number of rotatable bonds is 5. The molecule has 2 heterocycles. The highest BCUT2D eigenvalue weighted by molar-refractivity contribution is 8.00. The van der Waals surface area contributed by atoms with E-state index in [1.807, 2.05) is 61.7 Å². The van der Waals surface area contributed by atoms with Crippen LogP contribution in [0.3, 0.4) is 0 Å². The predicted molar refractivity (Wildman–Crippen MR) is 103 cm³/mol. The Bertz CT molecular complexity index is 849. The number of carbonyl (C=O) groups is 1. The molecule has 1 unspecified atom stereocenters. The fraction of sp³-hybridized carbons (Fsp3) is 0.222. The number of thiazole rings is 1. The molecule has 0 aliphatic heterocycles. The molecule has 0 bridgehead atoms. The van der Waals surface area contributed by atoms with Crippen molar-refractivity contribution in [2.75, 3.05) is 11.9 Å². The van der Waals surface area contributed by atoms with Crippen LogP contribution < -0.4 is 4.90 Å². The second-order valence-electron chi connectivity index (χ2n) is 5.55. The SMILES string of the molecule is Cc1csc(N(C)C(=O)C(C)Sc2ccc(-c3ccccc3)nn2)n1. The number of carbonyl (C=O) groups excluding carboxylic acids is 1. The highest BCUT2D eigenvalue weighted by Gasteiger charge is 2.22. The Labute approximate surface area is 155 Å². The summed E-state index contributed by atoms with van der Waals surface area (Å²) in [6.07, 6.45) is 0. The zero-order valence-corrected chi connectivity index (χ0v) is 15.8. The third-order valence-electron chi connectivity index (χ3n) is 3.58. The fourth-order valence-electron chi connectivity index (χ4n) is 2.24. The molecule has 1 amide bonds. The summed E-state index contributed by atoms with van der Waals surface area (Å²) in [4.78, 5) is 18.5. The first-order chi connectivity index (χ1) is 12.0. The van der Waals surface area contributed by atoms with Crippen molar-refractivity contribution in [1.29, 1.82) is 0 Å². The second-order valence-corrected chi connectivity index (χ2v) is 7.75. The Balaban J connectivity index is 1.66. The molecule has 0 saturated heterocycles. The molecule has 3 rings (SSSR count). The zero-order valence-electron chi connectivity index (χ0n) is 14.2. The van der Waals surface area contributed by atoms with Crippen molar-refractivity contribution in [3.8, 4) is 11.3 Å². The van der Waals surface area contributed by atoms with Crippen LogP contribution in [0, 0.1) is 6.92 Å². The van der Waals surface area contributed by atoms with Gasteiger partial charge in [0.05, 0.1) is 16.6 Å². The summed E-state index contributed by atoms with van der Waals surface area (Å²) in [5.74, 6) is -0.00622. The van der Waals surface area contributed by atoms with Crippen LogP contribution in [0.4, 0.5) is 5.13 Å². The van der Waals surface area contributed by atoms with E-state index < -0.39 is 0 Å². The molecular weight excluding hydrogens is 352 g/mol. The summed E-state index contributed by atoms with van der Waals surface area (Å²) in [6, 6.07) is 13.7. The lowest BCUT2D eigenvalue weighted by Crippen LogP contribution is -2.33. The van der Waals surface area contributed by atoms with E-state index in [1.165, 1.54) is 23.1 Å². The van der Waals surface area contributed by atoms with E-state index in [4.69, 9.17) is 0 Å². The van der Waals surface area contributed by atoms with Gasteiger partial charge < -0.3 is 0 Å². The molecule has 25 heavy (non-hydrogen) atoms. The minimum Gasteiger partial charge on any atom is -0.290 e. The number of aromatic nitrogens is 3. The minimum atomic E-state index is -0.272. The van der Waals surface area contributed by atoms with E-state index in [2.05, 4.69) is 15.2 Å². The van der Waals surface area contributed by atoms with Crippen molar-refractivity contribution in [2.24, 2.45) is 0 Å². The maximum absolute atomic E-state index is 12.6. The second kappa shape index (κ2) is 7.76. The molecule has 2 aromatic heterocycles. The van der Waals surface area contributed by atoms with Crippen LogP contribution in [0.1, 0.15) is 12.6 Å². The first-order valence-corrected chi connectivity index (χ1v) is 9.56. The molecule has 0 aliphatic carbocycles. The van der Waals surface area contributed by atoms with Crippen LogP contribution in [0.2, 0.25) is 0 Å². The first-order valence-electron chi connectivity index (χ1n) is 7.80. The molecule has 0 aliphatic rings. The summed E-state index contributed by atoms with van der Waals surface area (Å²) in [6.45, 7) is 3.79. The van der Waals surface area contributed by atoms with E-state index in [-0.39, 0.29) is 11.2 Å². The molecule has 1 aromatic carbocycles. The maximum atomic E-state index is 12.6. The largest absolute Gasteiger partial charge is 0.290 e. The maximum Gasteiger partial charge on any atom is 0.241 e. The van der Waals surface area contributed by atoms with Gasteiger partial charge in [-0.15, -0.1) is 21.5 Å². The Hall–Kier alpha value is -2.25. The number of nitrogens with zero attached hydrogens (tertiary/aromatic N) is 4. The number of hydrogen-bond acceptors (Lipinski definition) is 6. The quantitative estimate of drug-likeness (QED) is 0.634. The van der Waals surface area contributed by atoms with Gasteiger partial charge in [-0.05, 0) is 26.0 Å². The predicted octanol–water partition coefficient (Wildman–Crippen LogP) is 4.05. The van der Waals surface area contributed by atoms with E-state index in [1.54, 1.807) is 11.9 Å². The molecule has 128 valence electrons. The summed E-state index contributed by atoms with van der Waals surface area (Å²) in [5, 5.41) is 11.6. The molecule has 1 atom stereocenters. The zero-order chi connectivity index (χ0) is 17.8. The van der Waals surface area contributed by atoms with Gasteiger partial charge in [0.1, 0.15) is 5.03 Å².